The van der Waals surface area contributed by atoms with E-state index in [9.17, 15) is 9.18 Å². The number of hydrogen-bond donors (Lipinski definition) is 2. The Bertz CT molecular complexity index is 1380. The Hall–Kier alpha value is -3.31. The first kappa shape index (κ1) is 25.9. The second kappa shape index (κ2) is 11.4. The highest BCUT2D eigenvalue weighted by molar-refractivity contribution is 6.31. The van der Waals surface area contributed by atoms with Crippen molar-refractivity contribution in [2.75, 3.05) is 43.6 Å². The lowest BCUT2D eigenvalue weighted by atomic mass is 10.1. The SMILES string of the molecule is O=C(C=CCN1C2CCC1COC2)Nc1cc2c(Nc3ccc(F)c(Cl)c3)ncnc2cc1OC1CCOC1. The van der Waals surface area contributed by atoms with Crippen LogP contribution >= 0.6 is 11.6 Å². The highest BCUT2D eigenvalue weighted by Gasteiger charge is 2.36. The Morgan fingerprint density at radius 1 is 1.13 bits per heavy atom. The van der Waals surface area contributed by atoms with Gasteiger partial charge in [0.05, 0.1) is 42.7 Å². The largest absolute Gasteiger partial charge is 0.486 e. The maximum atomic E-state index is 13.6. The van der Waals surface area contributed by atoms with Crippen LogP contribution in [-0.4, -0.2) is 71.9 Å². The van der Waals surface area contributed by atoms with E-state index >= 15 is 0 Å². The standard InChI is InChI=1S/C28H29ClFN5O4/c29-22-10-17(3-6-23(22)30)33-28-21-11-25(26(12-24(21)31-16-32-28)39-20-7-9-37-15-20)34-27(36)2-1-8-35-18-4-5-19(35)14-38-13-18/h1-3,6,10-12,16,18-20H,4-5,7-9,13-15H2,(H,34,36)(H,31,32,33). The number of anilines is 3. The molecule has 1 aromatic heterocycles. The molecule has 3 saturated heterocycles. The Labute approximate surface area is 230 Å². The summed E-state index contributed by atoms with van der Waals surface area (Å²) in [6, 6.07) is 8.74. The number of benzene rings is 2. The number of amides is 1. The molecule has 2 bridgehead atoms. The van der Waals surface area contributed by atoms with Crippen LogP contribution in [0.5, 0.6) is 5.75 Å². The molecule has 3 atom stereocenters. The summed E-state index contributed by atoms with van der Waals surface area (Å²) in [5.41, 5.74) is 1.67. The number of hydrogen-bond acceptors (Lipinski definition) is 8. The molecule has 9 nitrogen and oxygen atoms in total. The molecule has 0 radical (unpaired) electrons. The van der Waals surface area contributed by atoms with Crippen LogP contribution in [0.25, 0.3) is 10.9 Å². The third-order valence-corrected chi connectivity index (χ3v) is 7.63. The minimum Gasteiger partial charge on any atom is -0.486 e. The molecule has 3 aromatic rings. The number of halogens is 2. The molecule has 39 heavy (non-hydrogen) atoms. The van der Waals surface area contributed by atoms with Crippen LogP contribution in [-0.2, 0) is 14.3 Å². The smallest absolute Gasteiger partial charge is 0.248 e. The number of carbonyl (C=O) groups is 1. The van der Waals surface area contributed by atoms with Gasteiger partial charge in [0.2, 0.25) is 5.91 Å². The second-order valence-electron chi connectivity index (χ2n) is 9.96. The number of carbonyl (C=O) groups excluding carboxylic acids is 1. The van der Waals surface area contributed by atoms with Crippen LogP contribution in [0.1, 0.15) is 19.3 Å². The van der Waals surface area contributed by atoms with Crippen molar-refractivity contribution >= 4 is 45.6 Å². The Balaban J connectivity index is 1.25. The number of aromatic nitrogens is 2. The van der Waals surface area contributed by atoms with Crippen LogP contribution in [0, 0.1) is 5.82 Å². The van der Waals surface area contributed by atoms with Crippen molar-refractivity contribution in [3.63, 3.8) is 0 Å². The molecule has 3 aliphatic heterocycles. The molecule has 11 heteroatoms. The topological polar surface area (TPSA) is 97.8 Å². The summed E-state index contributed by atoms with van der Waals surface area (Å²) < 4.78 is 31.0. The minimum atomic E-state index is -0.508. The second-order valence-corrected chi connectivity index (χ2v) is 10.4. The molecule has 3 unspecified atom stereocenters. The molecule has 0 saturated carbocycles. The average Bonchev–Trinajstić information content (AvgIpc) is 3.50. The van der Waals surface area contributed by atoms with E-state index in [4.69, 9.17) is 25.8 Å². The van der Waals surface area contributed by atoms with Crippen molar-refractivity contribution in [1.82, 2.24) is 14.9 Å². The zero-order valence-electron chi connectivity index (χ0n) is 21.2. The first-order valence-corrected chi connectivity index (χ1v) is 13.5. The Kier molecular flexibility index (Phi) is 7.60. The van der Waals surface area contributed by atoms with Crippen LogP contribution in [0.3, 0.4) is 0 Å². The van der Waals surface area contributed by atoms with Crippen LogP contribution in [0.4, 0.5) is 21.6 Å². The highest BCUT2D eigenvalue weighted by Crippen LogP contribution is 2.35. The van der Waals surface area contributed by atoms with Gasteiger partial charge in [0, 0.05) is 48.3 Å². The van der Waals surface area contributed by atoms with Crippen LogP contribution in [0.2, 0.25) is 5.02 Å². The van der Waals surface area contributed by atoms with Gasteiger partial charge < -0.3 is 24.8 Å². The maximum absolute atomic E-state index is 13.6. The summed E-state index contributed by atoms with van der Waals surface area (Å²) in [6.07, 6.45) is 7.79. The molecule has 2 N–H and O–H groups in total. The summed E-state index contributed by atoms with van der Waals surface area (Å²) in [5.74, 6) is 0.207. The van der Waals surface area contributed by atoms with E-state index in [1.807, 2.05) is 6.08 Å². The number of rotatable bonds is 8. The fraction of sp³-hybridized carbons (Fsp3) is 0.393. The molecule has 3 fully saturated rings. The third-order valence-electron chi connectivity index (χ3n) is 7.34. The van der Waals surface area contributed by atoms with Crippen molar-refractivity contribution in [1.29, 1.82) is 0 Å². The minimum absolute atomic E-state index is 0.00217. The highest BCUT2D eigenvalue weighted by atomic mass is 35.5. The molecular formula is C28H29ClFN5O4. The van der Waals surface area contributed by atoms with Crippen LogP contribution < -0.4 is 15.4 Å². The molecule has 0 aliphatic carbocycles. The summed E-state index contributed by atoms with van der Waals surface area (Å²) in [5, 5.41) is 6.79. The molecule has 2 aromatic carbocycles. The lowest BCUT2D eigenvalue weighted by Crippen LogP contribution is -2.45. The molecule has 204 valence electrons. The fourth-order valence-corrected chi connectivity index (χ4v) is 5.52. The first-order valence-electron chi connectivity index (χ1n) is 13.1. The molecule has 1 amide bonds. The predicted molar refractivity (Wildman–Crippen MR) is 146 cm³/mol. The summed E-state index contributed by atoms with van der Waals surface area (Å²) >= 11 is 5.96. The number of nitrogens with zero attached hydrogens (tertiary/aromatic N) is 3. The zero-order valence-corrected chi connectivity index (χ0v) is 22.0. The maximum Gasteiger partial charge on any atom is 0.248 e. The van der Waals surface area contributed by atoms with Gasteiger partial charge >= 0.3 is 0 Å². The fourth-order valence-electron chi connectivity index (χ4n) is 5.34. The van der Waals surface area contributed by atoms with Gasteiger partial charge in [-0.15, -0.1) is 0 Å². The molecular weight excluding hydrogens is 525 g/mol. The summed E-state index contributed by atoms with van der Waals surface area (Å²) in [4.78, 5) is 24.2. The van der Waals surface area contributed by atoms with Crippen molar-refractivity contribution in [3.8, 4) is 5.75 Å². The summed E-state index contributed by atoms with van der Waals surface area (Å²) in [7, 11) is 0. The van der Waals surface area contributed by atoms with Crippen molar-refractivity contribution < 1.29 is 23.4 Å². The van der Waals surface area contributed by atoms with Crippen LogP contribution in [0.15, 0.2) is 48.8 Å². The van der Waals surface area contributed by atoms with Gasteiger partial charge in [-0.1, -0.05) is 17.7 Å². The number of nitrogens with one attached hydrogen (secondary N) is 2. The average molecular weight is 554 g/mol. The predicted octanol–water partition coefficient (Wildman–Crippen LogP) is 4.69. The van der Waals surface area contributed by atoms with Gasteiger partial charge in [-0.3, -0.25) is 9.69 Å². The number of fused-ring (bicyclic) bond motifs is 3. The summed E-state index contributed by atoms with van der Waals surface area (Å²) in [6.45, 7) is 3.32. The Morgan fingerprint density at radius 2 is 1.97 bits per heavy atom. The quantitative estimate of drug-likeness (QED) is 0.388. The van der Waals surface area contributed by atoms with Gasteiger partial charge in [0.1, 0.15) is 29.8 Å². The van der Waals surface area contributed by atoms with E-state index in [2.05, 4.69) is 25.5 Å². The molecule has 0 spiro atoms. The van der Waals surface area contributed by atoms with E-state index in [1.165, 1.54) is 18.5 Å². The van der Waals surface area contributed by atoms with E-state index < -0.39 is 5.82 Å². The zero-order chi connectivity index (χ0) is 26.8. The first-order chi connectivity index (χ1) is 19.0. The number of ether oxygens (including phenoxy) is 3. The molecule has 4 heterocycles. The normalized spacial score (nSPS) is 23.0. The Morgan fingerprint density at radius 3 is 2.74 bits per heavy atom. The van der Waals surface area contributed by atoms with E-state index in [0.717, 1.165) is 32.5 Å². The lowest BCUT2D eigenvalue weighted by molar-refractivity contribution is -0.112. The van der Waals surface area contributed by atoms with E-state index in [1.54, 1.807) is 24.3 Å². The van der Waals surface area contributed by atoms with Crippen molar-refractivity contribution in [2.24, 2.45) is 0 Å². The van der Waals surface area contributed by atoms with Gasteiger partial charge in [-0.2, -0.15) is 0 Å². The van der Waals surface area contributed by atoms with Gasteiger partial charge in [-0.25, -0.2) is 14.4 Å². The third kappa shape index (κ3) is 5.84. The van der Waals surface area contributed by atoms with Crippen molar-refractivity contribution in [2.45, 2.75) is 37.5 Å². The van der Waals surface area contributed by atoms with E-state index in [0.29, 0.717) is 65.7 Å². The molecule has 6 rings (SSSR count). The lowest BCUT2D eigenvalue weighted by Gasteiger charge is -2.33. The van der Waals surface area contributed by atoms with E-state index in [-0.39, 0.29) is 17.0 Å². The van der Waals surface area contributed by atoms with Gasteiger partial charge in [0.25, 0.3) is 0 Å². The number of morpholine rings is 1. The van der Waals surface area contributed by atoms with Gasteiger partial charge in [0.15, 0.2) is 0 Å². The van der Waals surface area contributed by atoms with Crippen molar-refractivity contribution in [3.05, 3.63) is 59.7 Å². The monoisotopic (exact) mass is 553 g/mol. The van der Waals surface area contributed by atoms with Gasteiger partial charge in [-0.05, 0) is 37.1 Å². The molecule has 3 aliphatic rings.